The molecule has 2 rings (SSSR count). The summed E-state index contributed by atoms with van der Waals surface area (Å²) in [5.41, 5.74) is 0.712. The van der Waals surface area contributed by atoms with E-state index in [2.05, 4.69) is 24.1 Å². The van der Waals surface area contributed by atoms with Gasteiger partial charge in [-0.15, -0.1) is 0 Å². The molecule has 1 heterocycles. The summed E-state index contributed by atoms with van der Waals surface area (Å²) in [5.74, 6) is 1.60. The van der Waals surface area contributed by atoms with E-state index in [0.717, 1.165) is 31.8 Å². The molecule has 2 aromatic rings. The van der Waals surface area contributed by atoms with Gasteiger partial charge in [0.1, 0.15) is 18.2 Å². The number of hydrogen-bond acceptors (Lipinski definition) is 4. The lowest BCUT2D eigenvalue weighted by Crippen LogP contribution is -2.32. The van der Waals surface area contributed by atoms with E-state index in [-0.39, 0.29) is 11.8 Å². The number of nitrogens with one attached hydrogen (secondary N) is 1. The van der Waals surface area contributed by atoms with Crippen LogP contribution in [-0.4, -0.2) is 39.4 Å². The highest BCUT2D eigenvalue weighted by Crippen LogP contribution is 2.17. The van der Waals surface area contributed by atoms with Gasteiger partial charge in [-0.1, -0.05) is 13.8 Å². The molecule has 0 aliphatic rings. The number of hydrogen-bond donors (Lipinski definition) is 1. The van der Waals surface area contributed by atoms with Crippen molar-refractivity contribution >= 4 is 17.5 Å². The average Bonchev–Trinajstić information content (AvgIpc) is 3.12. The van der Waals surface area contributed by atoms with Gasteiger partial charge >= 0.3 is 0 Å². The number of aromatic nitrogens is 2. The third-order valence-corrected chi connectivity index (χ3v) is 4.56. The van der Waals surface area contributed by atoms with Crippen molar-refractivity contribution in [2.75, 3.05) is 18.4 Å². The lowest BCUT2D eigenvalue weighted by Gasteiger charge is -2.21. The molecule has 158 valence electrons. The lowest BCUT2D eigenvalue weighted by atomic mass is 10.2. The number of aryl methyl sites for hydroxylation is 1. The molecule has 1 aromatic carbocycles. The number of amides is 2. The molecule has 7 nitrogen and oxygen atoms in total. The van der Waals surface area contributed by atoms with Gasteiger partial charge < -0.3 is 19.5 Å². The van der Waals surface area contributed by atoms with Crippen LogP contribution in [0.1, 0.15) is 51.8 Å². The Morgan fingerprint density at radius 1 is 1.10 bits per heavy atom. The first-order chi connectivity index (χ1) is 14.0. The molecule has 0 fully saturated rings. The molecule has 0 unspecified atom stereocenters. The van der Waals surface area contributed by atoms with E-state index >= 15 is 0 Å². The van der Waals surface area contributed by atoms with Crippen LogP contribution < -0.4 is 10.1 Å². The van der Waals surface area contributed by atoms with Crippen LogP contribution in [0.2, 0.25) is 0 Å². The van der Waals surface area contributed by atoms with Gasteiger partial charge in [-0.05, 0) is 43.5 Å². The largest absolute Gasteiger partial charge is 0.486 e. The number of carbonyl (C=O) groups excluding carboxylic acids is 2. The highest BCUT2D eigenvalue weighted by atomic mass is 16.5. The van der Waals surface area contributed by atoms with E-state index in [0.29, 0.717) is 37.3 Å². The second kappa shape index (κ2) is 11.9. The number of rotatable bonds is 12. The number of carbonyl (C=O) groups is 2. The normalized spacial score (nSPS) is 10.6. The van der Waals surface area contributed by atoms with Crippen LogP contribution >= 0.6 is 0 Å². The zero-order valence-corrected chi connectivity index (χ0v) is 17.7. The topological polar surface area (TPSA) is 76.5 Å². The minimum atomic E-state index is -0.0861. The van der Waals surface area contributed by atoms with Crippen LogP contribution in [0, 0.1) is 0 Å². The Morgan fingerprint density at radius 2 is 1.79 bits per heavy atom. The van der Waals surface area contributed by atoms with Gasteiger partial charge in [0.25, 0.3) is 0 Å². The smallest absolute Gasteiger partial charge is 0.224 e. The van der Waals surface area contributed by atoms with Crippen LogP contribution in [0.15, 0.2) is 36.7 Å². The molecule has 29 heavy (non-hydrogen) atoms. The maximum atomic E-state index is 12.2. The van der Waals surface area contributed by atoms with Gasteiger partial charge in [-0.2, -0.15) is 0 Å². The van der Waals surface area contributed by atoms with Crippen molar-refractivity contribution in [3.8, 4) is 5.75 Å². The van der Waals surface area contributed by atoms with Crippen molar-refractivity contribution in [1.29, 1.82) is 0 Å². The minimum Gasteiger partial charge on any atom is -0.486 e. The fraction of sp³-hybridized carbons (Fsp3) is 0.500. The molecule has 0 saturated heterocycles. The Morgan fingerprint density at radius 3 is 2.38 bits per heavy atom. The van der Waals surface area contributed by atoms with Crippen LogP contribution in [0.3, 0.4) is 0 Å². The number of ether oxygens (including phenoxy) is 1. The Labute approximate surface area is 173 Å². The quantitative estimate of drug-likeness (QED) is 0.589. The second-order valence-electron chi connectivity index (χ2n) is 7.05. The summed E-state index contributed by atoms with van der Waals surface area (Å²) in [4.78, 5) is 30.5. The van der Waals surface area contributed by atoms with E-state index in [1.165, 1.54) is 0 Å². The number of anilines is 1. The van der Waals surface area contributed by atoms with E-state index < -0.39 is 0 Å². The van der Waals surface area contributed by atoms with Crippen molar-refractivity contribution in [2.45, 2.75) is 52.6 Å². The summed E-state index contributed by atoms with van der Waals surface area (Å²) in [6, 6.07) is 7.24. The summed E-state index contributed by atoms with van der Waals surface area (Å²) in [6.07, 6.45) is 6.80. The van der Waals surface area contributed by atoms with Crippen LogP contribution in [0.4, 0.5) is 5.69 Å². The molecular weight excluding hydrogens is 368 g/mol. The molecule has 0 aliphatic carbocycles. The zero-order chi connectivity index (χ0) is 21.1. The minimum absolute atomic E-state index is 0.0861. The maximum absolute atomic E-state index is 12.2. The van der Waals surface area contributed by atoms with Crippen LogP contribution in [-0.2, 0) is 23.2 Å². The molecule has 0 saturated carbocycles. The summed E-state index contributed by atoms with van der Waals surface area (Å²) >= 11 is 0. The van der Waals surface area contributed by atoms with E-state index in [9.17, 15) is 9.59 Å². The summed E-state index contributed by atoms with van der Waals surface area (Å²) < 4.78 is 7.61. The molecule has 2 amide bonds. The summed E-state index contributed by atoms with van der Waals surface area (Å²) in [5, 5.41) is 2.87. The van der Waals surface area contributed by atoms with Gasteiger partial charge in [0, 0.05) is 51.1 Å². The number of nitrogens with zero attached hydrogens (tertiary/aromatic N) is 3. The SMILES string of the molecule is CCCN(CCC)C(=O)CCCC(=O)Nc1ccc(OCc2nccn2C)cc1. The van der Waals surface area contributed by atoms with Crippen molar-refractivity contribution in [1.82, 2.24) is 14.5 Å². The summed E-state index contributed by atoms with van der Waals surface area (Å²) in [7, 11) is 1.92. The molecule has 7 heteroatoms. The molecule has 1 N–H and O–H groups in total. The molecular formula is C22H32N4O3. The van der Waals surface area contributed by atoms with Crippen molar-refractivity contribution in [3.05, 3.63) is 42.5 Å². The van der Waals surface area contributed by atoms with Crippen molar-refractivity contribution < 1.29 is 14.3 Å². The molecule has 0 bridgehead atoms. The fourth-order valence-corrected chi connectivity index (χ4v) is 3.00. The highest BCUT2D eigenvalue weighted by Gasteiger charge is 2.12. The van der Waals surface area contributed by atoms with Gasteiger partial charge in [-0.25, -0.2) is 4.98 Å². The number of benzene rings is 1. The van der Waals surface area contributed by atoms with Gasteiger partial charge in [0.05, 0.1) is 0 Å². The lowest BCUT2D eigenvalue weighted by molar-refractivity contribution is -0.131. The second-order valence-corrected chi connectivity index (χ2v) is 7.05. The molecule has 0 radical (unpaired) electrons. The highest BCUT2D eigenvalue weighted by molar-refractivity contribution is 5.91. The first-order valence-corrected chi connectivity index (χ1v) is 10.3. The predicted octanol–water partition coefficient (Wildman–Crippen LogP) is 3.76. The Balaban J connectivity index is 1.72. The Kier molecular flexibility index (Phi) is 9.21. The molecule has 0 aliphatic heterocycles. The Bertz CT molecular complexity index is 765. The van der Waals surface area contributed by atoms with E-state index in [4.69, 9.17) is 4.74 Å². The van der Waals surface area contributed by atoms with E-state index in [1.54, 1.807) is 18.3 Å². The molecule has 0 spiro atoms. The van der Waals surface area contributed by atoms with Crippen molar-refractivity contribution in [3.63, 3.8) is 0 Å². The van der Waals surface area contributed by atoms with Crippen LogP contribution in [0.5, 0.6) is 5.75 Å². The first kappa shape index (κ1) is 22.5. The van der Waals surface area contributed by atoms with Gasteiger partial charge in [-0.3, -0.25) is 9.59 Å². The monoisotopic (exact) mass is 400 g/mol. The average molecular weight is 401 g/mol. The van der Waals surface area contributed by atoms with E-state index in [1.807, 2.05) is 34.8 Å². The van der Waals surface area contributed by atoms with Gasteiger partial charge in [0.15, 0.2) is 0 Å². The third-order valence-electron chi connectivity index (χ3n) is 4.56. The standard InChI is InChI=1S/C22H32N4O3/c1-4-14-26(15-5-2)22(28)8-6-7-21(27)24-18-9-11-19(12-10-18)29-17-20-23-13-16-25(20)3/h9-13,16H,4-8,14-15,17H2,1-3H3,(H,24,27). The summed E-state index contributed by atoms with van der Waals surface area (Å²) in [6.45, 7) is 6.09. The fourth-order valence-electron chi connectivity index (χ4n) is 3.00. The van der Waals surface area contributed by atoms with Crippen molar-refractivity contribution in [2.24, 2.45) is 7.05 Å². The van der Waals surface area contributed by atoms with Gasteiger partial charge in [0.2, 0.25) is 11.8 Å². The van der Waals surface area contributed by atoms with Crippen LogP contribution in [0.25, 0.3) is 0 Å². The third kappa shape index (κ3) is 7.60. The maximum Gasteiger partial charge on any atom is 0.224 e. The predicted molar refractivity (Wildman–Crippen MR) is 114 cm³/mol. The molecule has 0 atom stereocenters. The Hall–Kier alpha value is -2.83. The number of imidazole rings is 1. The zero-order valence-electron chi connectivity index (χ0n) is 17.7. The molecule has 1 aromatic heterocycles. The first-order valence-electron chi connectivity index (χ1n) is 10.3.